The van der Waals surface area contributed by atoms with Crippen molar-refractivity contribution in [3.8, 4) is 0 Å². The molecule has 0 aliphatic rings. The molecule has 2 aromatic heterocycles. The van der Waals surface area contributed by atoms with Crippen LogP contribution in [-0.4, -0.2) is 22.9 Å². The fourth-order valence-electron chi connectivity index (χ4n) is 1.90. The number of hydrogen-bond acceptors (Lipinski definition) is 5. The third-order valence-corrected chi connectivity index (χ3v) is 4.73. The van der Waals surface area contributed by atoms with Crippen molar-refractivity contribution in [3.05, 3.63) is 58.9 Å². The maximum Gasteiger partial charge on any atom is 0.250 e. The highest BCUT2D eigenvalue weighted by Crippen LogP contribution is 2.25. The van der Waals surface area contributed by atoms with Crippen LogP contribution in [0.1, 0.15) is 4.88 Å². The summed E-state index contributed by atoms with van der Waals surface area (Å²) in [4.78, 5) is 18.2. The lowest BCUT2D eigenvalue weighted by molar-refractivity contribution is -0.118. The highest BCUT2D eigenvalue weighted by molar-refractivity contribution is 8.00. The minimum absolute atomic E-state index is 0.134. The molecule has 1 aromatic carbocycles. The van der Waals surface area contributed by atoms with E-state index in [4.69, 9.17) is 0 Å². The van der Waals surface area contributed by atoms with Crippen LogP contribution in [0, 0.1) is 0 Å². The number of carbonyl (C=O) groups excluding carboxylic acids is 1. The first-order chi connectivity index (χ1) is 10.8. The van der Waals surface area contributed by atoms with E-state index in [9.17, 15) is 4.79 Å². The van der Waals surface area contributed by atoms with Crippen LogP contribution in [0.5, 0.6) is 0 Å². The minimum Gasteiger partial charge on any atom is -0.272 e. The van der Waals surface area contributed by atoms with Gasteiger partial charge in [0.1, 0.15) is 0 Å². The molecule has 1 amide bonds. The van der Waals surface area contributed by atoms with Crippen LogP contribution < -0.4 is 5.43 Å². The van der Waals surface area contributed by atoms with Gasteiger partial charge in [-0.1, -0.05) is 24.3 Å². The van der Waals surface area contributed by atoms with Gasteiger partial charge in [-0.25, -0.2) is 5.43 Å². The van der Waals surface area contributed by atoms with Crippen LogP contribution in [0.4, 0.5) is 0 Å². The Labute approximate surface area is 136 Å². The summed E-state index contributed by atoms with van der Waals surface area (Å²) < 4.78 is 0. The number of rotatable bonds is 5. The third-order valence-electron chi connectivity index (χ3n) is 2.88. The van der Waals surface area contributed by atoms with Crippen molar-refractivity contribution in [2.75, 3.05) is 5.75 Å². The summed E-state index contributed by atoms with van der Waals surface area (Å²) in [6.45, 7) is 0. The fraction of sp³-hybridized carbons (Fsp3) is 0.0625. The van der Waals surface area contributed by atoms with Crippen molar-refractivity contribution in [1.82, 2.24) is 10.4 Å². The maximum absolute atomic E-state index is 11.8. The Bertz CT molecular complexity index is 795. The lowest BCUT2D eigenvalue weighted by Gasteiger charge is -2.04. The van der Waals surface area contributed by atoms with E-state index >= 15 is 0 Å². The molecule has 3 rings (SSSR count). The zero-order chi connectivity index (χ0) is 15.2. The molecule has 2 heterocycles. The SMILES string of the molecule is O=C(CSc1cccc2cccnc12)N/N=C\c1cccs1. The Balaban J connectivity index is 1.58. The van der Waals surface area contributed by atoms with E-state index < -0.39 is 0 Å². The molecule has 3 aromatic rings. The second kappa shape index (κ2) is 7.20. The first-order valence-corrected chi connectivity index (χ1v) is 8.51. The Kier molecular flexibility index (Phi) is 4.82. The van der Waals surface area contributed by atoms with Crippen LogP contribution in [0.25, 0.3) is 10.9 Å². The smallest absolute Gasteiger partial charge is 0.250 e. The Morgan fingerprint density at radius 1 is 1.27 bits per heavy atom. The lowest BCUT2D eigenvalue weighted by atomic mass is 10.2. The topological polar surface area (TPSA) is 54.4 Å². The average molecular weight is 327 g/mol. The van der Waals surface area contributed by atoms with Crippen molar-refractivity contribution in [2.24, 2.45) is 5.10 Å². The molecule has 0 fully saturated rings. The number of para-hydroxylation sites is 1. The zero-order valence-corrected chi connectivity index (χ0v) is 13.2. The second-order valence-electron chi connectivity index (χ2n) is 4.43. The first-order valence-electron chi connectivity index (χ1n) is 6.65. The van der Waals surface area contributed by atoms with Crippen LogP contribution in [-0.2, 0) is 4.79 Å². The fourth-order valence-corrected chi connectivity index (χ4v) is 3.32. The zero-order valence-electron chi connectivity index (χ0n) is 11.6. The summed E-state index contributed by atoms with van der Waals surface area (Å²) in [5.74, 6) is 0.169. The van der Waals surface area contributed by atoms with Crippen molar-refractivity contribution < 1.29 is 4.79 Å². The van der Waals surface area contributed by atoms with E-state index in [-0.39, 0.29) is 5.91 Å². The first kappa shape index (κ1) is 14.7. The molecule has 0 unspecified atom stereocenters. The number of nitrogens with one attached hydrogen (secondary N) is 1. The molecule has 0 saturated carbocycles. The summed E-state index contributed by atoms with van der Waals surface area (Å²) >= 11 is 3.03. The van der Waals surface area contributed by atoms with E-state index in [2.05, 4.69) is 15.5 Å². The summed E-state index contributed by atoms with van der Waals surface area (Å²) in [5.41, 5.74) is 3.46. The number of aromatic nitrogens is 1. The molecule has 0 aliphatic carbocycles. The van der Waals surface area contributed by atoms with Gasteiger partial charge in [0, 0.05) is 21.4 Å². The van der Waals surface area contributed by atoms with Gasteiger partial charge < -0.3 is 0 Å². The maximum atomic E-state index is 11.8. The van der Waals surface area contributed by atoms with Gasteiger partial charge in [0.05, 0.1) is 17.5 Å². The van der Waals surface area contributed by atoms with Gasteiger partial charge in [-0.15, -0.1) is 23.1 Å². The molecule has 6 heteroatoms. The number of nitrogens with zero attached hydrogens (tertiary/aromatic N) is 2. The molecule has 1 N–H and O–H groups in total. The van der Waals surface area contributed by atoms with Gasteiger partial charge in [0.15, 0.2) is 0 Å². The quantitative estimate of drug-likeness (QED) is 0.443. The second-order valence-corrected chi connectivity index (χ2v) is 6.42. The normalized spacial score (nSPS) is 11.1. The average Bonchev–Trinajstić information content (AvgIpc) is 3.06. The summed E-state index contributed by atoms with van der Waals surface area (Å²) in [6, 6.07) is 13.8. The molecular weight excluding hydrogens is 314 g/mol. The molecule has 0 saturated heterocycles. The Morgan fingerprint density at radius 2 is 2.18 bits per heavy atom. The van der Waals surface area contributed by atoms with Gasteiger partial charge in [-0.2, -0.15) is 5.10 Å². The highest BCUT2D eigenvalue weighted by Gasteiger charge is 2.05. The highest BCUT2D eigenvalue weighted by atomic mass is 32.2. The predicted molar refractivity (Wildman–Crippen MR) is 92.5 cm³/mol. The molecule has 0 atom stereocenters. The molecular formula is C16H13N3OS2. The number of pyridine rings is 1. The molecule has 110 valence electrons. The summed E-state index contributed by atoms with van der Waals surface area (Å²) in [5, 5.41) is 6.98. The summed E-state index contributed by atoms with van der Waals surface area (Å²) in [7, 11) is 0. The molecule has 4 nitrogen and oxygen atoms in total. The van der Waals surface area contributed by atoms with E-state index in [0.29, 0.717) is 5.75 Å². The molecule has 22 heavy (non-hydrogen) atoms. The molecule has 0 radical (unpaired) electrons. The van der Waals surface area contributed by atoms with Crippen molar-refractivity contribution in [3.63, 3.8) is 0 Å². The van der Waals surface area contributed by atoms with Crippen LogP contribution in [0.3, 0.4) is 0 Å². The van der Waals surface area contributed by atoms with Gasteiger partial charge >= 0.3 is 0 Å². The number of benzene rings is 1. The van der Waals surface area contributed by atoms with Gasteiger partial charge in [0.2, 0.25) is 5.91 Å². The number of amides is 1. The van der Waals surface area contributed by atoms with Crippen LogP contribution in [0.15, 0.2) is 64.0 Å². The monoisotopic (exact) mass is 327 g/mol. The molecule has 0 spiro atoms. The Hall–Kier alpha value is -2.18. The number of thiophene rings is 1. The van der Waals surface area contributed by atoms with E-state index in [1.807, 2.05) is 47.8 Å². The van der Waals surface area contributed by atoms with Crippen molar-refractivity contribution in [2.45, 2.75) is 4.90 Å². The van der Waals surface area contributed by atoms with Gasteiger partial charge in [-0.3, -0.25) is 9.78 Å². The van der Waals surface area contributed by atoms with E-state index in [0.717, 1.165) is 20.7 Å². The standard InChI is InChI=1S/C16H13N3OS2/c20-15(19-18-10-13-6-3-9-21-13)11-22-14-7-1-4-12-5-2-8-17-16(12)14/h1-10H,11H2,(H,19,20)/b18-10-. The minimum atomic E-state index is -0.134. The van der Waals surface area contributed by atoms with Gasteiger partial charge in [0.25, 0.3) is 0 Å². The summed E-state index contributed by atoms with van der Waals surface area (Å²) in [6.07, 6.45) is 3.41. The Morgan fingerprint density at radius 3 is 3.05 bits per heavy atom. The number of hydrogen-bond donors (Lipinski definition) is 1. The number of carbonyl (C=O) groups is 1. The predicted octanol–water partition coefficient (Wildman–Crippen LogP) is 3.54. The largest absolute Gasteiger partial charge is 0.272 e. The van der Waals surface area contributed by atoms with Crippen molar-refractivity contribution in [1.29, 1.82) is 0 Å². The number of fused-ring (bicyclic) bond motifs is 1. The third kappa shape index (κ3) is 3.72. The number of thioether (sulfide) groups is 1. The van der Waals surface area contributed by atoms with Gasteiger partial charge in [-0.05, 0) is 23.6 Å². The lowest BCUT2D eigenvalue weighted by Crippen LogP contribution is -2.19. The van der Waals surface area contributed by atoms with Crippen LogP contribution in [0.2, 0.25) is 0 Å². The van der Waals surface area contributed by atoms with Crippen molar-refractivity contribution >= 4 is 46.1 Å². The molecule has 0 aliphatic heterocycles. The van der Waals surface area contributed by atoms with E-state index in [1.165, 1.54) is 11.8 Å². The van der Waals surface area contributed by atoms with Crippen LogP contribution >= 0.6 is 23.1 Å². The van der Waals surface area contributed by atoms with E-state index in [1.54, 1.807) is 23.7 Å². The number of hydrazone groups is 1. The molecule has 0 bridgehead atoms.